The minimum absolute atomic E-state index is 0.584. The average Bonchev–Trinajstić information content (AvgIpc) is 2.73. The molecule has 2 aliphatic carbocycles. The van der Waals surface area contributed by atoms with Crippen LogP contribution in [-0.4, -0.2) is 0 Å². The Morgan fingerprint density at radius 1 is 1.13 bits per heavy atom. The van der Waals surface area contributed by atoms with E-state index in [-0.39, 0.29) is 0 Å². The summed E-state index contributed by atoms with van der Waals surface area (Å²) in [6.45, 7) is 7.30. The van der Waals surface area contributed by atoms with Crippen molar-refractivity contribution in [2.45, 2.75) is 72.1 Å². The van der Waals surface area contributed by atoms with Crippen molar-refractivity contribution in [3.63, 3.8) is 0 Å². The summed E-state index contributed by atoms with van der Waals surface area (Å²) >= 11 is 0. The summed E-state index contributed by atoms with van der Waals surface area (Å²) in [5.74, 6) is 0.967. The second-order valence-corrected chi connectivity index (χ2v) is 6.26. The van der Waals surface area contributed by atoms with E-state index in [0.29, 0.717) is 5.41 Å². The summed E-state index contributed by atoms with van der Waals surface area (Å²) < 4.78 is 0. The standard InChI is InChI=1S/C15H26/c1-4-5-9-15(2,3)14-10-12-7-6-8-13(12)11-14/h14H,4-11H2,1-3H3. The smallest absolute Gasteiger partial charge is 0.0281 e. The normalized spacial score (nSPS) is 22.6. The van der Waals surface area contributed by atoms with Gasteiger partial charge in [-0.3, -0.25) is 0 Å². The van der Waals surface area contributed by atoms with Gasteiger partial charge in [0.15, 0.2) is 0 Å². The Morgan fingerprint density at radius 3 is 2.27 bits per heavy atom. The largest absolute Gasteiger partial charge is 0.0707 e. The molecule has 0 atom stereocenters. The molecule has 0 aromatic carbocycles. The molecular weight excluding hydrogens is 180 g/mol. The number of hydrogen-bond acceptors (Lipinski definition) is 0. The molecule has 0 aliphatic heterocycles. The van der Waals surface area contributed by atoms with Gasteiger partial charge in [-0.05, 0) is 49.9 Å². The van der Waals surface area contributed by atoms with E-state index >= 15 is 0 Å². The summed E-state index contributed by atoms with van der Waals surface area (Å²) in [6, 6.07) is 0. The molecule has 0 spiro atoms. The summed E-state index contributed by atoms with van der Waals surface area (Å²) in [5, 5.41) is 0. The Bertz CT molecular complexity index is 241. The van der Waals surface area contributed by atoms with Crippen molar-refractivity contribution in [2.75, 3.05) is 0 Å². The van der Waals surface area contributed by atoms with Gasteiger partial charge in [0.05, 0.1) is 0 Å². The number of allylic oxidation sites excluding steroid dienone is 2. The van der Waals surface area contributed by atoms with Crippen LogP contribution in [0.15, 0.2) is 11.1 Å². The van der Waals surface area contributed by atoms with Crippen molar-refractivity contribution in [2.24, 2.45) is 11.3 Å². The Labute approximate surface area is 95.1 Å². The van der Waals surface area contributed by atoms with E-state index in [1.165, 1.54) is 51.4 Å². The van der Waals surface area contributed by atoms with Gasteiger partial charge in [0, 0.05) is 0 Å². The van der Waals surface area contributed by atoms with Crippen LogP contribution in [0, 0.1) is 11.3 Å². The molecule has 2 rings (SSSR count). The van der Waals surface area contributed by atoms with Gasteiger partial charge in [-0.1, -0.05) is 44.8 Å². The van der Waals surface area contributed by atoms with E-state index in [2.05, 4.69) is 20.8 Å². The first kappa shape index (κ1) is 11.2. The van der Waals surface area contributed by atoms with Crippen molar-refractivity contribution < 1.29 is 0 Å². The summed E-state index contributed by atoms with van der Waals surface area (Å²) in [4.78, 5) is 0. The van der Waals surface area contributed by atoms with Gasteiger partial charge < -0.3 is 0 Å². The van der Waals surface area contributed by atoms with Gasteiger partial charge in [0.1, 0.15) is 0 Å². The van der Waals surface area contributed by atoms with Crippen molar-refractivity contribution in [1.29, 1.82) is 0 Å². The van der Waals surface area contributed by atoms with E-state index < -0.39 is 0 Å². The summed E-state index contributed by atoms with van der Waals surface area (Å²) in [7, 11) is 0. The topological polar surface area (TPSA) is 0 Å². The third-order valence-electron chi connectivity index (χ3n) is 4.72. The lowest BCUT2D eigenvalue weighted by Gasteiger charge is -2.32. The molecule has 0 amide bonds. The first-order valence-corrected chi connectivity index (χ1v) is 6.83. The molecule has 0 heterocycles. The Morgan fingerprint density at radius 2 is 1.73 bits per heavy atom. The second kappa shape index (κ2) is 4.31. The van der Waals surface area contributed by atoms with Gasteiger partial charge >= 0.3 is 0 Å². The lowest BCUT2D eigenvalue weighted by Crippen LogP contribution is -2.22. The van der Waals surface area contributed by atoms with E-state index in [4.69, 9.17) is 0 Å². The van der Waals surface area contributed by atoms with Crippen molar-refractivity contribution in [1.82, 2.24) is 0 Å². The van der Waals surface area contributed by atoms with Crippen LogP contribution < -0.4 is 0 Å². The molecule has 0 bridgehead atoms. The molecule has 0 nitrogen and oxygen atoms in total. The third-order valence-corrected chi connectivity index (χ3v) is 4.72. The quantitative estimate of drug-likeness (QED) is 0.562. The maximum atomic E-state index is 2.50. The van der Waals surface area contributed by atoms with Crippen LogP contribution >= 0.6 is 0 Å². The highest BCUT2D eigenvalue weighted by Gasteiger charge is 2.36. The maximum Gasteiger partial charge on any atom is -0.0281 e. The number of rotatable bonds is 4. The second-order valence-electron chi connectivity index (χ2n) is 6.26. The molecule has 0 saturated carbocycles. The van der Waals surface area contributed by atoms with Crippen LogP contribution in [0.3, 0.4) is 0 Å². The molecule has 0 N–H and O–H groups in total. The fourth-order valence-electron chi connectivity index (χ4n) is 3.42. The van der Waals surface area contributed by atoms with Crippen molar-refractivity contribution in [3.05, 3.63) is 11.1 Å². The minimum atomic E-state index is 0.584. The molecular formula is C15H26. The van der Waals surface area contributed by atoms with E-state index in [9.17, 15) is 0 Å². The highest BCUT2D eigenvalue weighted by atomic mass is 14.4. The molecule has 0 aromatic heterocycles. The fraction of sp³-hybridized carbons (Fsp3) is 0.867. The Hall–Kier alpha value is -0.260. The van der Waals surface area contributed by atoms with Crippen LogP contribution in [0.5, 0.6) is 0 Å². The van der Waals surface area contributed by atoms with Gasteiger partial charge in [0.25, 0.3) is 0 Å². The monoisotopic (exact) mass is 206 g/mol. The molecule has 86 valence electrons. The molecule has 0 heteroatoms. The van der Waals surface area contributed by atoms with Crippen LogP contribution in [0.1, 0.15) is 72.1 Å². The number of hydrogen-bond donors (Lipinski definition) is 0. The molecule has 0 aromatic rings. The van der Waals surface area contributed by atoms with Gasteiger partial charge in [-0.15, -0.1) is 0 Å². The van der Waals surface area contributed by atoms with Crippen LogP contribution in [0.25, 0.3) is 0 Å². The SMILES string of the molecule is CCCCC(C)(C)C1CC2=C(CCC2)C1. The van der Waals surface area contributed by atoms with Crippen LogP contribution in [0.4, 0.5) is 0 Å². The predicted molar refractivity (Wildman–Crippen MR) is 66.9 cm³/mol. The highest BCUT2D eigenvalue weighted by Crippen LogP contribution is 2.49. The summed E-state index contributed by atoms with van der Waals surface area (Å²) in [5.41, 5.74) is 4.29. The van der Waals surface area contributed by atoms with Crippen LogP contribution in [0.2, 0.25) is 0 Å². The molecule has 0 saturated heterocycles. The zero-order valence-corrected chi connectivity index (χ0v) is 10.7. The molecule has 0 radical (unpaired) electrons. The van der Waals surface area contributed by atoms with Gasteiger partial charge in [0.2, 0.25) is 0 Å². The maximum absolute atomic E-state index is 2.50. The first-order valence-electron chi connectivity index (χ1n) is 6.83. The molecule has 15 heavy (non-hydrogen) atoms. The zero-order valence-electron chi connectivity index (χ0n) is 10.7. The number of unbranched alkanes of at least 4 members (excludes halogenated alkanes) is 1. The lowest BCUT2D eigenvalue weighted by atomic mass is 9.73. The van der Waals surface area contributed by atoms with E-state index in [1.807, 2.05) is 11.1 Å². The third kappa shape index (κ3) is 2.29. The average molecular weight is 206 g/mol. The van der Waals surface area contributed by atoms with Crippen LogP contribution in [-0.2, 0) is 0 Å². The lowest BCUT2D eigenvalue weighted by molar-refractivity contribution is 0.194. The zero-order chi connectivity index (χ0) is 10.9. The predicted octanol–water partition coefficient (Wildman–Crippen LogP) is 5.09. The Balaban J connectivity index is 1.91. The van der Waals surface area contributed by atoms with Gasteiger partial charge in [-0.2, -0.15) is 0 Å². The molecule has 0 fully saturated rings. The molecule has 2 aliphatic rings. The van der Waals surface area contributed by atoms with E-state index in [0.717, 1.165) is 5.92 Å². The van der Waals surface area contributed by atoms with Gasteiger partial charge in [-0.25, -0.2) is 0 Å². The first-order chi connectivity index (χ1) is 7.13. The van der Waals surface area contributed by atoms with Crippen molar-refractivity contribution >= 4 is 0 Å². The van der Waals surface area contributed by atoms with E-state index in [1.54, 1.807) is 0 Å². The molecule has 0 unspecified atom stereocenters. The minimum Gasteiger partial charge on any atom is -0.0707 e. The summed E-state index contributed by atoms with van der Waals surface area (Å²) in [6.07, 6.45) is 11.4. The Kier molecular flexibility index (Phi) is 3.23. The van der Waals surface area contributed by atoms with Crippen molar-refractivity contribution in [3.8, 4) is 0 Å². The highest BCUT2D eigenvalue weighted by molar-refractivity contribution is 5.26. The fourth-order valence-corrected chi connectivity index (χ4v) is 3.42.